The first-order valence-electron chi connectivity index (χ1n) is 5.93. The van der Waals surface area contributed by atoms with Crippen molar-refractivity contribution in [1.29, 1.82) is 0 Å². The van der Waals surface area contributed by atoms with E-state index in [1.54, 1.807) is 0 Å². The number of anilines is 1. The average Bonchev–Trinajstić information content (AvgIpc) is 3.00. The maximum Gasteiger partial charge on any atom is 0.315 e. The van der Waals surface area contributed by atoms with Crippen LogP contribution in [0.4, 0.5) is 6.01 Å². The summed E-state index contributed by atoms with van der Waals surface area (Å²) in [7, 11) is 0. The molecule has 0 atom stereocenters. The third-order valence-electron chi connectivity index (χ3n) is 3.02. The Morgan fingerprint density at radius 2 is 2.12 bits per heavy atom. The van der Waals surface area contributed by atoms with Crippen molar-refractivity contribution in [2.45, 2.75) is 45.7 Å². The number of rotatable bonds is 6. The molecule has 0 bridgehead atoms. The Bertz CT molecular complexity index is 344. The smallest absolute Gasteiger partial charge is 0.315 e. The van der Waals surface area contributed by atoms with Crippen molar-refractivity contribution in [1.82, 2.24) is 15.5 Å². The van der Waals surface area contributed by atoms with Crippen LogP contribution in [0.15, 0.2) is 4.42 Å². The molecule has 5 nitrogen and oxygen atoms in total. The molecule has 0 saturated heterocycles. The molecule has 0 unspecified atom stereocenters. The molecule has 1 heterocycles. The van der Waals surface area contributed by atoms with E-state index in [9.17, 15) is 0 Å². The second-order valence-corrected chi connectivity index (χ2v) is 4.90. The highest BCUT2D eigenvalue weighted by Gasteiger charge is 2.38. The van der Waals surface area contributed by atoms with E-state index in [0.29, 0.717) is 18.5 Å². The summed E-state index contributed by atoms with van der Waals surface area (Å²) in [6.07, 6.45) is 2.58. The van der Waals surface area contributed by atoms with Crippen molar-refractivity contribution in [3.05, 3.63) is 5.89 Å². The van der Waals surface area contributed by atoms with Crippen LogP contribution in [0, 0.1) is 5.92 Å². The van der Waals surface area contributed by atoms with Crippen LogP contribution in [0.3, 0.4) is 0 Å². The molecule has 1 aliphatic rings. The molecule has 1 aliphatic carbocycles. The summed E-state index contributed by atoms with van der Waals surface area (Å²) >= 11 is 0. The van der Waals surface area contributed by atoms with Crippen molar-refractivity contribution in [3.63, 3.8) is 0 Å². The first-order valence-corrected chi connectivity index (χ1v) is 5.93. The lowest BCUT2D eigenvalue weighted by atomic mass is 9.99. The molecule has 0 amide bonds. The SMILES string of the molecule is CCNCc1nnc(NC(C)(C)C2CC2)o1. The van der Waals surface area contributed by atoms with Gasteiger partial charge in [0.1, 0.15) is 0 Å². The van der Waals surface area contributed by atoms with Gasteiger partial charge in [-0.1, -0.05) is 12.0 Å². The minimum Gasteiger partial charge on any atom is -0.407 e. The monoisotopic (exact) mass is 224 g/mol. The van der Waals surface area contributed by atoms with Gasteiger partial charge in [-0.15, -0.1) is 5.10 Å². The van der Waals surface area contributed by atoms with Crippen LogP contribution in [0.2, 0.25) is 0 Å². The number of nitrogens with one attached hydrogen (secondary N) is 2. The molecular formula is C11H20N4O. The minimum absolute atomic E-state index is 0.0575. The predicted octanol–water partition coefficient (Wildman–Crippen LogP) is 1.78. The maximum absolute atomic E-state index is 5.50. The van der Waals surface area contributed by atoms with E-state index >= 15 is 0 Å². The Kier molecular flexibility index (Phi) is 3.14. The van der Waals surface area contributed by atoms with Crippen LogP contribution in [0.5, 0.6) is 0 Å². The fourth-order valence-electron chi connectivity index (χ4n) is 1.79. The highest BCUT2D eigenvalue weighted by Crippen LogP contribution is 2.40. The Morgan fingerprint density at radius 3 is 2.75 bits per heavy atom. The van der Waals surface area contributed by atoms with Gasteiger partial charge in [0.05, 0.1) is 6.54 Å². The van der Waals surface area contributed by atoms with Crippen molar-refractivity contribution < 1.29 is 4.42 Å². The van der Waals surface area contributed by atoms with Crippen molar-refractivity contribution in [2.75, 3.05) is 11.9 Å². The molecular weight excluding hydrogens is 204 g/mol. The standard InChI is InChI=1S/C11H20N4O/c1-4-12-7-9-14-15-10(16-9)13-11(2,3)8-5-6-8/h8,12H,4-7H2,1-3H3,(H,13,15). The fourth-order valence-corrected chi connectivity index (χ4v) is 1.79. The summed E-state index contributed by atoms with van der Waals surface area (Å²) in [4.78, 5) is 0. The van der Waals surface area contributed by atoms with Crippen LogP contribution in [-0.4, -0.2) is 22.3 Å². The van der Waals surface area contributed by atoms with Crippen molar-refractivity contribution in [2.24, 2.45) is 5.92 Å². The lowest BCUT2D eigenvalue weighted by Gasteiger charge is -2.24. The van der Waals surface area contributed by atoms with Crippen molar-refractivity contribution in [3.8, 4) is 0 Å². The number of hydrogen-bond acceptors (Lipinski definition) is 5. The lowest BCUT2D eigenvalue weighted by Crippen LogP contribution is -2.33. The van der Waals surface area contributed by atoms with Gasteiger partial charge in [0.2, 0.25) is 5.89 Å². The quantitative estimate of drug-likeness (QED) is 0.771. The molecule has 0 spiro atoms. The van der Waals surface area contributed by atoms with Crippen LogP contribution < -0.4 is 10.6 Å². The van der Waals surface area contributed by atoms with Gasteiger partial charge in [-0.05, 0) is 39.2 Å². The molecule has 1 fully saturated rings. The van der Waals surface area contributed by atoms with Gasteiger partial charge in [-0.3, -0.25) is 0 Å². The van der Waals surface area contributed by atoms with Crippen LogP contribution in [0.1, 0.15) is 39.5 Å². The summed E-state index contributed by atoms with van der Waals surface area (Å²) in [5, 5.41) is 14.4. The van der Waals surface area contributed by atoms with E-state index in [2.05, 4.69) is 34.7 Å². The molecule has 0 radical (unpaired) electrons. The highest BCUT2D eigenvalue weighted by molar-refractivity contribution is 5.25. The summed E-state index contributed by atoms with van der Waals surface area (Å²) in [5.41, 5.74) is 0.0575. The van der Waals surface area contributed by atoms with E-state index in [1.165, 1.54) is 12.8 Å². The van der Waals surface area contributed by atoms with Gasteiger partial charge in [0.25, 0.3) is 0 Å². The van der Waals surface area contributed by atoms with Crippen molar-refractivity contribution >= 4 is 6.01 Å². The van der Waals surface area contributed by atoms with E-state index in [1.807, 2.05) is 6.92 Å². The van der Waals surface area contributed by atoms with E-state index in [4.69, 9.17) is 4.42 Å². The zero-order chi connectivity index (χ0) is 11.6. The van der Waals surface area contributed by atoms with Gasteiger partial charge < -0.3 is 15.1 Å². The molecule has 0 aliphatic heterocycles. The molecule has 16 heavy (non-hydrogen) atoms. The molecule has 2 N–H and O–H groups in total. The van der Waals surface area contributed by atoms with Gasteiger partial charge in [-0.25, -0.2) is 0 Å². The van der Waals surface area contributed by atoms with Gasteiger partial charge in [0, 0.05) is 5.54 Å². The molecule has 1 aromatic heterocycles. The Hall–Kier alpha value is -1.10. The highest BCUT2D eigenvalue weighted by atomic mass is 16.4. The molecule has 5 heteroatoms. The summed E-state index contributed by atoms with van der Waals surface area (Å²) in [5.74, 6) is 1.37. The van der Waals surface area contributed by atoms with Gasteiger partial charge >= 0.3 is 6.01 Å². The summed E-state index contributed by atoms with van der Waals surface area (Å²) in [6.45, 7) is 7.94. The van der Waals surface area contributed by atoms with E-state index in [-0.39, 0.29) is 5.54 Å². The third-order valence-corrected chi connectivity index (χ3v) is 3.02. The minimum atomic E-state index is 0.0575. The van der Waals surface area contributed by atoms with Crippen LogP contribution in [-0.2, 0) is 6.54 Å². The molecule has 1 aromatic rings. The topological polar surface area (TPSA) is 63.0 Å². The van der Waals surface area contributed by atoms with Gasteiger partial charge in [0.15, 0.2) is 0 Å². The zero-order valence-corrected chi connectivity index (χ0v) is 10.2. The molecule has 1 saturated carbocycles. The Labute approximate surface area is 96.0 Å². The second-order valence-electron chi connectivity index (χ2n) is 4.90. The molecule has 2 rings (SSSR count). The van der Waals surface area contributed by atoms with E-state index in [0.717, 1.165) is 12.5 Å². The van der Waals surface area contributed by atoms with Crippen LogP contribution >= 0.6 is 0 Å². The second kappa shape index (κ2) is 4.41. The largest absolute Gasteiger partial charge is 0.407 e. The Morgan fingerprint density at radius 1 is 1.38 bits per heavy atom. The first-order chi connectivity index (χ1) is 7.62. The van der Waals surface area contributed by atoms with Crippen LogP contribution in [0.25, 0.3) is 0 Å². The third kappa shape index (κ3) is 2.72. The average molecular weight is 224 g/mol. The maximum atomic E-state index is 5.50. The summed E-state index contributed by atoms with van der Waals surface area (Å²) < 4.78 is 5.50. The fraction of sp³-hybridized carbons (Fsp3) is 0.818. The number of hydrogen-bond donors (Lipinski definition) is 2. The van der Waals surface area contributed by atoms with E-state index < -0.39 is 0 Å². The Balaban J connectivity index is 1.91. The normalized spacial score (nSPS) is 16.4. The summed E-state index contributed by atoms with van der Waals surface area (Å²) in [6, 6.07) is 0.532. The first kappa shape index (κ1) is 11.4. The molecule has 90 valence electrons. The van der Waals surface area contributed by atoms with Gasteiger partial charge in [-0.2, -0.15) is 0 Å². The molecule has 0 aromatic carbocycles. The predicted molar refractivity (Wildman–Crippen MR) is 62.1 cm³/mol. The lowest BCUT2D eigenvalue weighted by molar-refractivity contribution is 0.439. The number of aromatic nitrogens is 2. The number of nitrogens with zero attached hydrogens (tertiary/aromatic N) is 2. The zero-order valence-electron chi connectivity index (χ0n) is 10.2.